The van der Waals surface area contributed by atoms with Gasteiger partial charge in [0.05, 0.1) is 35.6 Å². The van der Waals surface area contributed by atoms with Gasteiger partial charge in [0.15, 0.2) is 0 Å². The maximum absolute atomic E-state index is 13.2. The second-order valence-electron chi connectivity index (χ2n) is 7.77. The van der Waals surface area contributed by atoms with Gasteiger partial charge in [-0.1, -0.05) is 24.6 Å². The normalized spacial score (nSPS) is 16.2. The first-order valence-electron chi connectivity index (χ1n) is 10.6. The molecule has 1 fully saturated rings. The number of aromatic nitrogens is 2. The predicted molar refractivity (Wildman–Crippen MR) is 127 cm³/mol. The fraction of sp³-hybridized carbons (Fsp3) is 0.304. The second-order valence-corrected chi connectivity index (χ2v) is 8.18. The fourth-order valence-corrected chi connectivity index (χ4v) is 4.03. The summed E-state index contributed by atoms with van der Waals surface area (Å²) in [5.74, 6) is -0.226. The number of amides is 2. The van der Waals surface area contributed by atoms with E-state index in [0.717, 1.165) is 17.4 Å². The summed E-state index contributed by atoms with van der Waals surface area (Å²) in [6.07, 6.45) is 3.26. The Balaban J connectivity index is 1.56. The van der Waals surface area contributed by atoms with Crippen LogP contribution >= 0.6 is 11.6 Å². The van der Waals surface area contributed by atoms with Gasteiger partial charge in [0.2, 0.25) is 0 Å². The van der Waals surface area contributed by atoms with Crippen LogP contribution in [-0.4, -0.2) is 70.6 Å². The largest absolute Gasteiger partial charge is 0.449 e. The molecule has 2 N–H and O–H groups in total. The Bertz CT molecular complexity index is 1210. The molecule has 0 bridgehead atoms. The van der Waals surface area contributed by atoms with Crippen LogP contribution in [0.25, 0.3) is 22.2 Å². The SMILES string of the molecule is C=Nn1ccc(-c2cc(Cl)c3ccc(C(=O)N4CCN(C(=O)OCCC)CC4N)cc3n2)c1. The molecule has 10 heteroatoms. The molecule has 9 nitrogen and oxygen atoms in total. The van der Waals surface area contributed by atoms with Crippen molar-refractivity contribution in [1.82, 2.24) is 19.5 Å². The summed E-state index contributed by atoms with van der Waals surface area (Å²) in [5, 5.41) is 5.11. The van der Waals surface area contributed by atoms with Crippen molar-refractivity contribution in [2.75, 3.05) is 26.2 Å². The van der Waals surface area contributed by atoms with Crippen molar-refractivity contribution >= 4 is 41.2 Å². The summed E-state index contributed by atoms with van der Waals surface area (Å²) in [6.45, 7) is 6.67. The third-order valence-corrected chi connectivity index (χ3v) is 5.82. The number of rotatable bonds is 5. The van der Waals surface area contributed by atoms with E-state index in [1.165, 1.54) is 4.90 Å². The summed E-state index contributed by atoms with van der Waals surface area (Å²) in [4.78, 5) is 33.1. The number of hydrogen-bond acceptors (Lipinski definition) is 6. The van der Waals surface area contributed by atoms with Crippen LogP contribution in [0.15, 0.2) is 47.8 Å². The maximum Gasteiger partial charge on any atom is 0.409 e. The van der Waals surface area contributed by atoms with E-state index in [2.05, 4.69) is 11.8 Å². The molecule has 3 aromatic rings. The molecule has 1 aromatic carbocycles. The third-order valence-electron chi connectivity index (χ3n) is 5.51. The summed E-state index contributed by atoms with van der Waals surface area (Å²) >= 11 is 6.49. The minimum atomic E-state index is -0.634. The van der Waals surface area contributed by atoms with E-state index < -0.39 is 12.3 Å². The lowest BCUT2D eigenvalue weighted by Gasteiger charge is -2.39. The molecule has 0 aliphatic carbocycles. The molecule has 1 atom stereocenters. The number of carbonyl (C=O) groups excluding carboxylic acids is 2. The molecule has 1 aliphatic heterocycles. The first-order valence-corrected chi connectivity index (χ1v) is 11.0. The smallest absolute Gasteiger partial charge is 0.409 e. The van der Waals surface area contributed by atoms with Gasteiger partial charge in [0.1, 0.15) is 0 Å². The van der Waals surface area contributed by atoms with Crippen LogP contribution in [0.2, 0.25) is 5.02 Å². The van der Waals surface area contributed by atoms with Crippen molar-refractivity contribution in [2.45, 2.75) is 19.5 Å². The lowest BCUT2D eigenvalue weighted by Crippen LogP contribution is -2.60. The highest BCUT2D eigenvalue weighted by Gasteiger charge is 2.31. The van der Waals surface area contributed by atoms with E-state index in [4.69, 9.17) is 27.1 Å². The topological polar surface area (TPSA) is 106 Å². The monoisotopic (exact) mass is 468 g/mol. The number of fused-ring (bicyclic) bond motifs is 1. The highest BCUT2D eigenvalue weighted by molar-refractivity contribution is 6.35. The number of carbonyl (C=O) groups is 2. The van der Waals surface area contributed by atoms with Crippen LogP contribution in [0, 0.1) is 0 Å². The Hall–Kier alpha value is -3.43. The lowest BCUT2D eigenvalue weighted by molar-refractivity contribution is 0.0392. The molecule has 4 rings (SSSR count). The van der Waals surface area contributed by atoms with E-state index in [1.807, 2.05) is 13.0 Å². The Morgan fingerprint density at radius 3 is 2.82 bits per heavy atom. The van der Waals surface area contributed by atoms with E-state index >= 15 is 0 Å². The number of ether oxygens (including phenoxy) is 1. The van der Waals surface area contributed by atoms with Crippen molar-refractivity contribution in [3.05, 3.63) is 53.3 Å². The first-order chi connectivity index (χ1) is 15.9. The van der Waals surface area contributed by atoms with Crippen molar-refractivity contribution in [1.29, 1.82) is 0 Å². The Morgan fingerprint density at radius 1 is 1.30 bits per heavy atom. The molecular weight excluding hydrogens is 444 g/mol. The number of hydrogen-bond donors (Lipinski definition) is 1. The first kappa shape index (κ1) is 22.8. The summed E-state index contributed by atoms with van der Waals surface area (Å²) in [6, 6.07) is 8.84. The average molecular weight is 469 g/mol. The van der Waals surface area contributed by atoms with Crippen LogP contribution in [0.3, 0.4) is 0 Å². The number of halogens is 1. The van der Waals surface area contributed by atoms with Gasteiger partial charge in [-0.15, -0.1) is 0 Å². The number of nitrogens with zero attached hydrogens (tertiary/aromatic N) is 5. The van der Waals surface area contributed by atoms with Gasteiger partial charge in [0.25, 0.3) is 5.91 Å². The molecule has 3 heterocycles. The molecule has 0 saturated carbocycles. The van der Waals surface area contributed by atoms with Gasteiger partial charge >= 0.3 is 6.09 Å². The fourth-order valence-electron chi connectivity index (χ4n) is 3.77. The van der Waals surface area contributed by atoms with Crippen molar-refractivity contribution in [2.24, 2.45) is 10.8 Å². The standard InChI is InChI=1S/C23H25ClN6O3/c1-3-10-33-23(32)28-8-9-30(21(25)14-28)22(31)15-4-5-17-18(24)12-19(27-20(17)11-15)16-6-7-29(13-16)26-2/h4-7,11-13,21H,2-3,8-10,14,25H2,1H3. The zero-order chi connectivity index (χ0) is 23.5. The van der Waals surface area contributed by atoms with Crippen molar-refractivity contribution < 1.29 is 14.3 Å². The summed E-state index contributed by atoms with van der Waals surface area (Å²) < 4.78 is 6.75. The van der Waals surface area contributed by atoms with E-state index in [9.17, 15) is 9.59 Å². The molecule has 2 aromatic heterocycles. The molecule has 0 radical (unpaired) electrons. The molecule has 1 unspecified atom stereocenters. The minimum Gasteiger partial charge on any atom is -0.449 e. The Labute approximate surface area is 196 Å². The van der Waals surface area contributed by atoms with Gasteiger partial charge in [-0.25, -0.2) is 14.5 Å². The zero-order valence-electron chi connectivity index (χ0n) is 18.3. The quantitative estimate of drug-likeness (QED) is 0.577. The molecule has 2 amide bonds. The zero-order valence-corrected chi connectivity index (χ0v) is 19.0. The van der Waals surface area contributed by atoms with Crippen LogP contribution in [-0.2, 0) is 4.74 Å². The van der Waals surface area contributed by atoms with Crippen LogP contribution in [0.1, 0.15) is 23.7 Å². The molecule has 172 valence electrons. The predicted octanol–water partition coefficient (Wildman–Crippen LogP) is 3.41. The Morgan fingerprint density at radius 2 is 2.12 bits per heavy atom. The summed E-state index contributed by atoms with van der Waals surface area (Å²) in [7, 11) is 0. The van der Waals surface area contributed by atoms with Crippen LogP contribution in [0.5, 0.6) is 0 Å². The second kappa shape index (κ2) is 9.60. The highest BCUT2D eigenvalue weighted by atomic mass is 35.5. The van der Waals surface area contributed by atoms with E-state index in [1.54, 1.807) is 46.2 Å². The molecule has 1 aliphatic rings. The molecular formula is C23H25ClN6O3. The van der Waals surface area contributed by atoms with Gasteiger partial charge < -0.3 is 20.3 Å². The van der Waals surface area contributed by atoms with Crippen LogP contribution < -0.4 is 5.73 Å². The van der Waals surface area contributed by atoms with Gasteiger partial charge in [-0.3, -0.25) is 4.79 Å². The van der Waals surface area contributed by atoms with E-state index in [0.29, 0.717) is 41.5 Å². The van der Waals surface area contributed by atoms with Gasteiger partial charge in [-0.05, 0) is 30.7 Å². The highest BCUT2D eigenvalue weighted by Crippen LogP contribution is 2.29. The molecule has 1 saturated heterocycles. The van der Waals surface area contributed by atoms with Gasteiger partial charge in [-0.2, -0.15) is 5.10 Å². The lowest BCUT2D eigenvalue weighted by atomic mass is 10.1. The van der Waals surface area contributed by atoms with E-state index in [-0.39, 0.29) is 12.5 Å². The summed E-state index contributed by atoms with van der Waals surface area (Å²) in [5.41, 5.74) is 8.77. The number of benzene rings is 1. The van der Waals surface area contributed by atoms with Crippen molar-refractivity contribution in [3.8, 4) is 11.3 Å². The van der Waals surface area contributed by atoms with Crippen LogP contribution in [0.4, 0.5) is 4.79 Å². The van der Waals surface area contributed by atoms with Gasteiger partial charge in [0, 0.05) is 48.7 Å². The molecule has 33 heavy (non-hydrogen) atoms. The maximum atomic E-state index is 13.2. The number of piperazine rings is 1. The molecule has 0 spiro atoms. The van der Waals surface area contributed by atoms with Crippen molar-refractivity contribution in [3.63, 3.8) is 0 Å². The minimum absolute atomic E-state index is 0.213. The number of nitrogens with two attached hydrogens (primary N) is 1. The number of pyridine rings is 1. The third kappa shape index (κ3) is 4.69. The average Bonchev–Trinajstić information content (AvgIpc) is 3.31. The Kier molecular flexibility index (Phi) is 6.62.